The Kier molecular flexibility index (Phi) is 5.58. The molecule has 0 aromatic heterocycles. The van der Waals surface area contributed by atoms with Crippen molar-refractivity contribution >= 4 is 11.9 Å². The van der Waals surface area contributed by atoms with E-state index in [1.807, 2.05) is 13.1 Å². The van der Waals surface area contributed by atoms with E-state index in [9.17, 15) is 9.59 Å². The van der Waals surface area contributed by atoms with Gasteiger partial charge in [0.2, 0.25) is 0 Å². The highest BCUT2D eigenvalue weighted by molar-refractivity contribution is 5.91. The number of likely N-dealkylation sites (N-methyl/N-ethyl adjacent to an activating group) is 1. The molecule has 1 aliphatic heterocycles. The number of hydrogen-bond donors (Lipinski definition) is 1. The number of nitrogens with one attached hydrogen (secondary N) is 1. The van der Waals surface area contributed by atoms with Crippen LogP contribution in [0.2, 0.25) is 0 Å². The van der Waals surface area contributed by atoms with Crippen molar-refractivity contribution in [2.45, 2.75) is 26.4 Å². The predicted octanol–water partition coefficient (Wildman–Crippen LogP) is 1.16. The van der Waals surface area contributed by atoms with Crippen LogP contribution < -0.4 is 5.32 Å². The summed E-state index contributed by atoms with van der Waals surface area (Å²) in [5.74, 6) is -0.0119. The molecule has 1 N–H and O–H groups in total. The molecule has 0 radical (unpaired) electrons. The molecule has 2 unspecified atom stereocenters. The van der Waals surface area contributed by atoms with Crippen molar-refractivity contribution in [1.82, 2.24) is 5.32 Å². The van der Waals surface area contributed by atoms with Crippen LogP contribution in [-0.4, -0.2) is 31.6 Å². The topological polar surface area (TPSA) is 64.6 Å². The van der Waals surface area contributed by atoms with Crippen LogP contribution in [0.3, 0.4) is 0 Å². The van der Waals surface area contributed by atoms with E-state index < -0.39 is 11.9 Å². The summed E-state index contributed by atoms with van der Waals surface area (Å²) in [7, 11) is 1.87. The van der Waals surface area contributed by atoms with Gasteiger partial charge < -0.3 is 14.8 Å². The van der Waals surface area contributed by atoms with Gasteiger partial charge in [0.15, 0.2) is 0 Å². The number of allylic oxidation sites excluding steroid dienone is 1. The highest BCUT2D eigenvalue weighted by Gasteiger charge is 2.25. The minimum absolute atomic E-state index is 0.136. The molecule has 0 saturated carbocycles. The Morgan fingerprint density at radius 2 is 2.28 bits per heavy atom. The van der Waals surface area contributed by atoms with E-state index in [-0.39, 0.29) is 6.10 Å². The highest BCUT2D eigenvalue weighted by atomic mass is 16.6. The van der Waals surface area contributed by atoms with Crippen molar-refractivity contribution < 1.29 is 19.1 Å². The molecule has 1 rings (SSSR count). The Bertz CT molecular complexity index is 373. The molecule has 2 atom stereocenters. The standard InChI is InChI=1S/C13H19NO4/c1-9-8-11(18-12(9)6-7-14-3)4-5-13(16)17-10(2)15/h4-6,9,11,14H,7-8H2,1-3H3/b5-4+,12-6+. The van der Waals surface area contributed by atoms with Crippen molar-refractivity contribution in [1.29, 1.82) is 0 Å². The maximum Gasteiger partial charge on any atom is 0.338 e. The van der Waals surface area contributed by atoms with Crippen LogP contribution in [0.1, 0.15) is 20.3 Å². The summed E-state index contributed by atoms with van der Waals surface area (Å²) in [5, 5.41) is 3.02. The zero-order valence-electron chi connectivity index (χ0n) is 10.9. The van der Waals surface area contributed by atoms with E-state index >= 15 is 0 Å². The lowest BCUT2D eigenvalue weighted by Crippen LogP contribution is -2.08. The third-order valence-corrected chi connectivity index (χ3v) is 2.56. The molecule has 18 heavy (non-hydrogen) atoms. The summed E-state index contributed by atoms with van der Waals surface area (Å²) in [4.78, 5) is 21.7. The number of ether oxygens (including phenoxy) is 2. The maximum atomic E-state index is 11.1. The van der Waals surface area contributed by atoms with Crippen LogP contribution in [-0.2, 0) is 19.1 Å². The second-order valence-corrected chi connectivity index (χ2v) is 4.23. The SMILES string of the molecule is CNC/C=C1/OC(/C=C/C(=O)OC(C)=O)CC1C. The molecule has 1 saturated heterocycles. The summed E-state index contributed by atoms with van der Waals surface area (Å²) in [6.07, 6.45) is 5.54. The average Bonchev–Trinajstić information content (AvgIpc) is 2.64. The van der Waals surface area contributed by atoms with Gasteiger partial charge in [-0.15, -0.1) is 0 Å². The van der Waals surface area contributed by atoms with Crippen LogP contribution in [0.15, 0.2) is 24.0 Å². The number of esters is 2. The molecule has 1 aliphatic rings. The van der Waals surface area contributed by atoms with Gasteiger partial charge in [-0.1, -0.05) is 6.92 Å². The lowest BCUT2D eigenvalue weighted by molar-refractivity contribution is -0.154. The fourth-order valence-corrected chi connectivity index (χ4v) is 1.74. The van der Waals surface area contributed by atoms with E-state index in [2.05, 4.69) is 17.0 Å². The Labute approximate surface area is 107 Å². The van der Waals surface area contributed by atoms with Gasteiger partial charge in [-0.25, -0.2) is 4.79 Å². The first kappa shape index (κ1) is 14.4. The first-order chi connectivity index (χ1) is 8.52. The first-order valence-corrected chi connectivity index (χ1v) is 5.94. The zero-order chi connectivity index (χ0) is 13.5. The summed E-state index contributed by atoms with van der Waals surface area (Å²) in [6, 6.07) is 0. The molecule has 5 heteroatoms. The Morgan fingerprint density at radius 1 is 1.56 bits per heavy atom. The number of hydrogen-bond acceptors (Lipinski definition) is 5. The monoisotopic (exact) mass is 253 g/mol. The molecule has 0 aromatic rings. The molecule has 5 nitrogen and oxygen atoms in total. The Morgan fingerprint density at radius 3 is 2.89 bits per heavy atom. The largest absolute Gasteiger partial charge is 0.491 e. The average molecular weight is 253 g/mol. The molecule has 0 amide bonds. The van der Waals surface area contributed by atoms with Crippen LogP contribution in [0.25, 0.3) is 0 Å². The van der Waals surface area contributed by atoms with Gasteiger partial charge in [-0.2, -0.15) is 0 Å². The van der Waals surface area contributed by atoms with Crippen molar-refractivity contribution in [3.63, 3.8) is 0 Å². The molecule has 0 aliphatic carbocycles. The Hall–Kier alpha value is -1.62. The van der Waals surface area contributed by atoms with Crippen LogP contribution in [0, 0.1) is 5.92 Å². The van der Waals surface area contributed by atoms with Gasteiger partial charge >= 0.3 is 11.9 Å². The van der Waals surface area contributed by atoms with Crippen LogP contribution in [0.5, 0.6) is 0 Å². The third kappa shape index (κ3) is 4.71. The number of carbonyl (C=O) groups excluding carboxylic acids is 2. The molecular weight excluding hydrogens is 234 g/mol. The van der Waals surface area contributed by atoms with Gasteiger partial charge in [0.05, 0.1) is 5.76 Å². The van der Waals surface area contributed by atoms with Crippen molar-refractivity contribution in [2.24, 2.45) is 5.92 Å². The molecular formula is C13H19NO4. The zero-order valence-corrected chi connectivity index (χ0v) is 10.9. The van der Waals surface area contributed by atoms with E-state index in [1.165, 1.54) is 13.0 Å². The van der Waals surface area contributed by atoms with Gasteiger partial charge in [0, 0.05) is 25.5 Å². The molecule has 0 aromatic carbocycles. The molecule has 1 fully saturated rings. The Balaban J connectivity index is 2.48. The van der Waals surface area contributed by atoms with E-state index in [0.29, 0.717) is 5.92 Å². The molecule has 0 bridgehead atoms. The van der Waals surface area contributed by atoms with Crippen LogP contribution in [0.4, 0.5) is 0 Å². The second-order valence-electron chi connectivity index (χ2n) is 4.23. The van der Waals surface area contributed by atoms with Crippen molar-refractivity contribution in [3.8, 4) is 0 Å². The van der Waals surface area contributed by atoms with E-state index in [1.54, 1.807) is 6.08 Å². The predicted molar refractivity (Wildman–Crippen MR) is 66.6 cm³/mol. The molecule has 100 valence electrons. The quantitative estimate of drug-likeness (QED) is 0.463. The number of carbonyl (C=O) groups is 2. The van der Waals surface area contributed by atoms with E-state index in [0.717, 1.165) is 18.7 Å². The van der Waals surface area contributed by atoms with Crippen molar-refractivity contribution in [3.05, 3.63) is 24.0 Å². The summed E-state index contributed by atoms with van der Waals surface area (Å²) < 4.78 is 10.1. The lowest BCUT2D eigenvalue weighted by Gasteiger charge is -2.05. The minimum atomic E-state index is -0.661. The summed E-state index contributed by atoms with van der Waals surface area (Å²) in [6.45, 7) is 4.02. The third-order valence-electron chi connectivity index (χ3n) is 2.56. The fraction of sp³-hybridized carbons (Fsp3) is 0.538. The molecule has 0 spiro atoms. The summed E-state index contributed by atoms with van der Waals surface area (Å²) >= 11 is 0. The van der Waals surface area contributed by atoms with Gasteiger partial charge in [-0.05, 0) is 25.6 Å². The fourth-order valence-electron chi connectivity index (χ4n) is 1.74. The summed E-state index contributed by atoms with van der Waals surface area (Å²) in [5.41, 5.74) is 0. The second kappa shape index (κ2) is 6.96. The molecule has 1 heterocycles. The first-order valence-electron chi connectivity index (χ1n) is 5.94. The van der Waals surface area contributed by atoms with Crippen molar-refractivity contribution in [2.75, 3.05) is 13.6 Å². The number of rotatable bonds is 4. The maximum absolute atomic E-state index is 11.1. The van der Waals surface area contributed by atoms with E-state index in [4.69, 9.17) is 4.74 Å². The van der Waals surface area contributed by atoms with Crippen LogP contribution >= 0.6 is 0 Å². The smallest absolute Gasteiger partial charge is 0.338 e. The van der Waals surface area contributed by atoms with Gasteiger partial charge in [-0.3, -0.25) is 4.79 Å². The van der Waals surface area contributed by atoms with Gasteiger partial charge in [0.25, 0.3) is 0 Å². The lowest BCUT2D eigenvalue weighted by atomic mass is 10.1. The normalized spacial score (nSPS) is 25.4. The van der Waals surface area contributed by atoms with Gasteiger partial charge in [0.1, 0.15) is 6.10 Å². The highest BCUT2D eigenvalue weighted by Crippen LogP contribution is 2.29. The minimum Gasteiger partial charge on any atom is -0.491 e.